The molecule has 7 nitrogen and oxygen atoms in total. The third-order valence-corrected chi connectivity index (χ3v) is 3.37. The molecule has 0 aromatic heterocycles. The maximum Gasteiger partial charge on any atom is 0.337 e. The molecule has 0 radical (unpaired) electrons. The molecule has 0 fully saturated rings. The summed E-state index contributed by atoms with van der Waals surface area (Å²) in [4.78, 5) is 22.3. The number of nitrogens with zero attached hydrogens (tertiary/aromatic N) is 1. The first-order valence-corrected chi connectivity index (χ1v) is 8.05. The second-order valence-electron chi connectivity index (χ2n) is 5.20. The van der Waals surface area contributed by atoms with Gasteiger partial charge in [-0.15, -0.1) is 0 Å². The van der Waals surface area contributed by atoms with Crippen LogP contribution in [0.25, 0.3) is 0 Å². The van der Waals surface area contributed by atoms with Crippen molar-refractivity contribution in [3.05, 3.63) is 59.7 Å². The van der Waals surface area contributed by atoms with Crippen molar-refractivity contribution in [3.63, 3.8) is 0 Å². The van der Waals surface area contributed by atoms with Crippen LogP contribution in [-0.2, 0) is 9.53 Å². The van der Waals surface area contributed by atoms with E-state index >= 15 is 0 Å². The smallest absolute Gasteiger partial charge is 0.337 e. The lowest BCUT2D eigenvalue weighted by Gasteiger charge is -2.07. The molecule has 2 rings (SSSR count). The Balaban J connectivity index is 1.85. The highest BCUT2D eigenvalue weighted by Gasteiger charge is 2.04. The van der Waals surface area contributed by atoms with Crippen molar-refractivity contribution in [3.8, 4) is 0 Å². The van der Waals surface area contributed by atoms with Gasteiger partial charge in [-0.2, -0.15) is 5.10 Å². The number of methoxy groups -OCH3 is 1. The maximum atomic E-state index is 11.4. The summed E-state index contributed by atoms with van der Waals surface area (Å²) >= 11 is 5.15. The number of benzene rings is 2. The van der Waals surface area contributed by atoms with Crippen molar-refractivity contribution < 1.29 is 14.3 Å². The third kappa shape index (κ3) is 5.99. The molecule has 0 heterocycles. The van der Waals surface area contributed by atoms with Gasteiger partial charge in [0.15, 0.2) is 5.11 Å². The van der Waals surface area contributed by atoms with Crippen molar-refractivity contribution in [2.45, 2.75) is 6.92 Å². The van der Waals surface area contributed by atoms with E-state index in [9.17, 15) is 9.59 Å². The number of anilines is 2. The molecule has 2 aromatic rings. The second-order valence-corrected chi connectivity index (χ2v) is 5.60. The highest BCUT2D eigenvalue weighted by atomic mass is 32.1. The highest BCUT2D eigenvalue weighted by Crippen LogP contribution is 2.10. The number of amides is 1. The lowest BCUT2D eigenvalue weighted by atomic mass is 10.2. The zero-order chi connectivity index (χ0) is 18.9. The standard InChI is InChI=1S/C18H18N4O3S/c1-12(23)20-15-7-3-13(4-8-15)11-19-22-18(26)21-16-9-5-14(6-10-16)17(24)25-2/h3-11H,1-2H3,(H,20,23)(H2,21,22,26)/b19-11-. The van der Waals surface area contributed by atoms with Crippen LogP contribution in [0.4, 0.5) is 11.4 Å². The number of esters is 1. The quantitative estimate of drug-likeness (QED) is 0.324. The van der Waals surface area contributed by atoms with E-state index in [-0.39, 0.29) is 5.91 Å². The number of rotatable bonds is 5. The number of carbonyl (C=O) groups is 2. The van der Waals surface area contributed by atoms with E-state index in [2.05, 4.69) is 25.9 Å². The van der Waals surface area contributed by atoms with E-state index < -0.39 is 5.97 Å². The molecule has 134 valence electrons. The first kappa shape index (κ1) is 19.1. The molecule has 0 aliphatic carbocycles. The van der Waals surface area contributed by atoms with Gasteiger partial charge < -0.3 is 15.4 Å². The predicted octanol–water partition coefficient (Wildman–Crippen LogP) is 2.75. The van der Waals surface area contributed by atoms with E-state index in [1.165, 1.54) is 14.0 Å². The first-order valence-electron chi connectivity index (χ1n) is 7.64. The summed E-state index contributed by atoms with van der Waals surface area (Å²) < 4.78 is 4.64. The summed E-state index contributed by atoms with van der Waals surface area (Å²) in [6.07, 6.45) is 1.60. The zero-order valence-corrected chi connectivity index (χ0v) is 15.1. The van der Waals surface area contributed by atoms with Gasteiger partial charge in [-0.05, 0) is 54.2 Å². The monoisotopic (exact) mass is 370 g/mol. The molecule has 0 saturated heterocycles. The Morgan fingerprint density at radius 2 is 1.58 bits per heavy atom. The van der Waals surface area contributed by atoms with Gasteiger partial charge >= 0.3 is 5.97 Å². The van der Waals surface area contributed by atoms with Crippen LogP contribution in [0.5, 0.6) is 0 Å². The molecule has 8 heteroatoms. The topological polar surface area (TPSA) is 91.8 Å². The third-order valence-electron chi connectivity index (χ3n) is 3.17. The Kier molecular flexibility index (Phi) is 6.81. The van der Waals surface area contributed by atoms with Crippen molar-refractivity contribution in [1.82, 2.24) is 5.43 Å². The molecule has 3 N–H and O–H groups in total. The molecule has 0 atom stereocenters. The molecule has 0 spiro atoms. The average molecular weight is 370 g/mol. The summed E-state index contributed by atoms with van der Waals surface area (Å²) in [6, 6.07) is 13.9. The number of ether oxygens (including phenoxy) is 1. The molecule has 2 aromatic carbocycles. The molecular weight excluding hydrogens is 352 g/mol. The van der Waals surface area contributed by atoms with Gasteiger partial charge in [0.05, 0.1) is 18.9 Å². The van der Waals surface area contributed by atoms with Crippen LogP contribution in [0.2, 0.25) is 0 Å². The number of thiocarbonyl (C=S) groups is 1. The highest BCUT2D eigenvalue weighted by molar-refractivity contribution is 7.80. The van der Waals surface area contributed by atoms with Crippen LogP contribution in [0, 0.1) is 0 Å². The number of hydrazone groups is 1. The van der Waals surface area contributed by atoms with Gasteiger partial charge in [0.2, 0.25) is 5.91 Å². The van der Waals surface area contributed by atoms with Gasteiger partial charge in [-0.3, -0.25) is 10.2 Å². The van der Waals surface area contributed by atoms with Crippen LogP contribution in [-0.4, -0.2) is 30.3 Å². The summed E-state index contributed by atoms with van der Waals surface area (Å²) in [5.74, 6) is -0.518. The molecule has 0 aliphatic rings. The Morgan fingerprint density at radius 3 is 2.15 bits per heavy atom. The molecular formula is C18H18N4O3S. The van der Waals surface area contributed by atoms with Crippen LogP contribution in [0.3, 0.4) is 0 Å². The van der Waals surface area contributed by atoms with Crippen molar-refractivity contribution >= 4 is 46.8 Å². The van der Waals surface area contributed by atoms with Crippen molar-refractivity contribution in [2.75, 3.05) is 17.7 Å². The second kappa shape index (κ2) is 9.28. The summed E-state index contributed by atoms with van der Waals surface area (Å²) in [5, 5.41) is 9.99. The lowest BCUT2D eigenvalue weighted by Crippen LogP contribution is -2.23. The first-order chi connectivity index (χ1) is 12.5. The van der Waals surface area contributed by atoms with E-state index in [1.54, 1.807) is 42.6 Å². The van der Waals surface area contributed by atoms with Crippen LogP contribution in [0.15, 0.2) is 53.6 Å². The minimum atomic E-state index is -0.397. The summed E-state index contributed by atoms with van der Waals surface area (Å²) in [5.41, 5.74) is 5.43. The molecule has 1 amide bonds. The van der Waals surface area contributed by atoms with Crippen LogP contribution < -0.4 is 16.1 Å². The van der Waals surface area contributed by atoms with Crippen LogP contribution >= 0.6 is 12.2 Å². The number of hydrogen-bond acceptors (Lipinski definition) is 5. The molecule has 0 bridgehead atoms. The van der Waals surface area contributed by atoms with Gasteiger partial charge in [-0.25, -0.2) is 4.79 Å². The number of carbonyl (C=O) groups excluding carboxylic acids is 2. The fourth-order valence-corrected chi connectivity index (χ4v) is 2.16. The minimum Gasteiger partial charge on any atom is -0.465 e. The number of hydrogen-bond donors (Lipinski definition) is 3. The van der Waals surface area contributed by atoms with E-state index in [4.69, 9.17) is 12.2 Å². The Morgan fingerprint density at radius 1 is 1.00 bits per heavy atom. The summed E-state index contributed by atoms with van der Waals surface area (Å²) in [6.45, 7) is 1.45. The molecule has 26 heavy (non-hydrogen) atoms. The maximum absolute atomic E-state index is 11.4. The predicted molar refractivity (Wildman–Crippen MR) is 105 cm³/mol. The van der Waals surface area contributed by atoms with Gasteiger partial charge in [0.25, 0.3) is 0 Å². The minimum absolute atomic E-state index is 0.121. The average Bonchev–Trinajstić information content (AvgIpc) is 2.62. The van der Waals surface area contributed by atoms with Gasteiger partial charge in [0, 0.05) is 18.3 Å². The Bertz CT molecular complexity index is 817. The van der Waals surface area contributed by atoms with Gasteiger partial charge in [0.1, 0.15) is 0 Å². The molecule has 0 aliphatic heterocycles. The molecule has 0 saturated carbocycles. The molecule has 0 unspecified atom stereocenters. The largest absolute Gasteiger partial charge is 0.465 e. The zero-order valence-electron chi connectivity index (χ0n) is 14.3. The van der Waals surface area contributed by atoms with Crippen molar-refractivity contribution in [2.24, 2.45) is 5.10 Å². The van der Waals surface area contributed by atoms with E-state index in [0.717, 1.165) is 11.3 Å². The fraction of sp³-hybridized carbons (Fsp3) is 0.111. The van der Waals surface area contributed by atoms with E-state index in [0.29, 0.717) is 16.4 Å². The summed E-state index contributed by atoms with van der Waals surface area (Å²) in [7, 11) is 1.33. The Labute approximate surface area is 156 Å². The number of nitrogens with one attached hydrogen (secondary N) is 3. The fourth-order valence-electron chi connectivity index (χ4n) is 1.99. The van der Waals surface area contributed by atoms with Crippen molar-refractivity contribution in [1.29, 1.82) is 0 Å². The van der Waals surface area contributed by atoms with E-state index in [1.807, 2.05) is 12.1 Å². The normalized spacial score (nSPS) is 10.2. The van der Waals surface area contributed by atoms with Gasteiger partial charge in [-0.1, -0.05) is 12.1 Å². The Hall–Kier alpha value is -3.26. The SMILES string of the molecule is COC(=O)c1ccc(NC(=S)N/N=C\c2ccc(NC(C)=O)cc2)cc1. The lowest BCUT2D eigenvalue weighted by molar-refractivity contribution is -0.114. The van der Waals surface area contributed by atoms with Crippen LogP contribution in [0.1, 0.15) is 22.8 Å².